The zero-order valence-electron chi connectivity index (χ0n) is 12.7. The molecule has 0 saturated heterocycles. The van der Waals surface area contributed by atoms with Gasteiger partial charge in [0.2, 0.25) is 11.7 Å². The van der Waals surface area contributed by atoms with Gasteiger partial charge in [0.05, 0.1) is 6.54 Å². The van der Waals surface area contributed by atoms with Crippen LogP contribution in [-0.2, 0) is 6.54 Å². The number of nitrogens with one attached hydrogen (secondary N) is 2. The second-order valence-corrected chi connectivity index (χ2v) is 5.52. The number of aryl methyl sites for hydroxylation is 1. The molecule has 3 aromatic rings. The van der Waals surface area contributed by atoms with E-state index in [4.69, 9.17) is 16.1 Å². The summed E-state index contributed by atoms with van der Waals surface area (Å²) in [7, 11) is 0. The van der Waals surface area contributed by atoms with Crippen LogP contribution in [0.15, 0.2) is 45.7 Å². The van der Waals surface area contributed by atoms with E-state index in [1.807, 2.05) is 0 Å². The van der Waals surface area contributed by atoms with Crippen molar-refractivity contribution < 1.29 is 9.32 Å². The summed E-state index contributed by atoms with van der Waals surface area (Å²) in [6.45, 7) is 1.76. The van der Waals surface area contributed by atoms with Gasteiger partial charge < -0.3 is 14.8 Å². The lowest BCUT2D eigenvalue weighted by molar-refractivity contribution is 0.0944. The van der Waals surface area contributed by atoms with Gasteiger partial charge in [-0.15, -0.1) is 0 Å². The molecule has 0 saturated carbocycles. The summed E-state index contributed by atoms with van der Waals surface area (Å²) in [5, 5.41) is 7.03. The molecule has 2 aromatic heterocycles. The molecule has 1 amide bonds. The summed E-state index contributed by atoms with van der Waals surface area (Å²) in [5.74, 6) is 0.114. The Morgan fingerprint density at radius 3 is 2.71 bits per heavy atom. The maximum absolute atomic E-state index is 12.0. The molecule has 0 bridgehead atoms. The Kier molecular flexibility index (Phi) is 4.43. The van der Waals surface area contributed by atoms with Gasteiger partial charge in [-0.1, -0.05) is 16.8 Å². The monoisotopic (exact) mass is 344 g/mol. The first kappa shape index (κ1) is 15.9. The van der Waals surface area contributed by atoms with Crippen LogP contribution < -0.4 is 10.9 Å². The van der Waals surface area contributed by atoms with Gasteiger partial charge in [0.15, 0.2) is 0 Å². The predicted octanol–water partition coefficient (Wildman–Crippen LogP) is 2.32. The van der Waals surface area contributed by atoms with Crippen molar-refractivity contribution in [3.63, 3.8) is 0 Å². The number of nitrogens with zero attached hydrogens (tertiary/aromatic N) is 2. The van der Waals surface area contributed by atoms with E-state index < -0.39 is 11.5 Å². The molecule has 8 heteroatoms. The first-order valence-corrected chi connectivity index (χ1v) is 7.47. The van der Waals surface area contributed by atoms with Gasteiger partial charge in [-0.25, -0.2) is 0 Å². The third kappa shape index (κ3) is 3.52. The summed E-state index contributed by atoms with van der Waals surface area (Å²) in [5.41, 5.74) is 1.01. The Labute approximate surface area is 141 Å². The highest BCUT2D eigenvalue weighted by Gasteiger charge is 2.13. The van der Waals surface area contributed by atoms with E-state index in [9.17, 15) is 9.59 Å². The zero-order valence-corrected chi connectivity index (χ0v) is 13.4. The van der Waals surface area contributed by atoms with Crippen LogP contribution in [0.2, 0.25) is 5.02 Å². The number of H-pyrrole nitrogens is 1. The number of benzene rings is 1. The molecule has 0 fully saturated rings. The van der Waals surface area contributed by atoms with Crippen molar-refractivity contribution in [3.05, 3.63) is 68.9 Å². The maximum atomic E-state index is 12.0. The molecule has 0 spiro atoms. The van der Waals surface area contributed by atoms with Gasteiger partial charge in [-0.3, -0.25) is 9.59 Å². The van der Waals surface area contributed by atoms with Crippen molar-refractivity contribution >= 4 is 17.5 Å². The topological polar surface area (TPSA) is 101 Å². The SMILES string of the molecule is Cc1ccc(C(=O)NCc2nc(-c3ccc(Cl)cc3)no2)c(=O)[nH]1. The number of hydrogen-bond donors (Lipinski definition) is 2. The van der Waals surface area contributed by atoms with Crippen LogP contribution in [-0.4, -0.2) is 21.0 Å². The Balaban J connectivity index is 1.68. The lowest BCUT2D eigenvalue weighted by Gasteiger charge is -2.01. The molecule has 0 aliphatic rings. The van der Waals surface area contributed by atoms with Crippen LogP contribution in [0.25, 0.3) is 11.4 Å². The lowest BCUT2D eigenvalue weighted by Crippen LogP contribution is -2.29. The fraction of sp³-hybridized carbons (Fsp3) is 0.125. The molecule has 0 atom stereocenters. The standard InChI is InChI=1S/C16H13ClN4O3/c1-9-2-7-12(16(23)19-9)15(22)18-8-13-20-14(21-24-13)10-3-5-11(17)6-4-10/h2-7H,8H2,1H3,(H,18,22)(H,19,23). The summed E-state index contributed by atoms with van der Waals surface area (Å²) < 4.78 is 5.09. The number of rotatable bonds is 4. The first-order valence-electron chi connectivity index (χ1n) is 7.09. The molecule has 0 aliphatic carbocycles. The largest absolute Gasteiger partial charge is 0.343 e. The Morgan fingerprint density at radius 2 is 2.00 bits per heavy atom. The first-order chi connectivity index (χ1) is 11.5. The number of hydrogen-bond acceptors (Lipinski definition) is 5. The van der Waals surface area contributed by atoms with Crippen LogP contribution >= 0.6 is 11.6 Å². The van der Waals surface area contributed by atoms with Gasteiger partial charge >= 0.3 is 0 Å². The average Bonchev–Trinajstić information content (AvgIpc) is 3.02. The normalized spacial score (nSPS) is 10.6. The molecule has 1 aromatic carbocycles. The van der Waals surface area contributed by atoms with Crippen molar-refractivity contribution in [2.24, 2.45) is 0 Å². The minimum absolute atomic E-state index is 0.0206. The molecule has 0 radical (unpaired) electrons. The summed E-state index contributed by atoms with van der Waals surface area (Å²) in [4.78, 5) is 30.5. The summed E-state index contributed by atoms with van der Waals surface area (Å²) in [6, 6.07) is 10.1. The van der Waals surface area contributed by atoms with E-state index in [2.05, 4.69) is 20.4 Å². The van der Waals surface area contributed by atoms with E-state index in [0.717, 1.165) is 5.56 Å². The summed E-state index contributed by atoms with van der Waals surface area (Å²) >= 11 is 5.83. The van der Waals surface area contributed by atoms with Crippen LogP contribution in [0.3, 0.4) is 0 Å². The van der Waals surface area contributed by atoms with Crippen LogP contribution in [0, 0.1) is 6.92 Å². The van der Waals surface area contributed by atoms with Crippen molar-refractivity contribution in [2.75, 3.05) is 0 Å². The number of amides is 1. The summed E-state index contributed by atoms with van der Waals surface area (Å²) in [6.07, 6.45) is 0. The second kappa shape index (κ2) is 6.67. The van der Waals surface area contributed by atoms with Crippen molar-refractivity contribution in [1.29, 1.82) is 0 Å². The number of aromatic nitrogens is 3. The van der Waals surface area contributed by atoms with Gasteiger partial charge in [0.25, 0.3) is 11.5 Å². The number of carbonyl (C=O) groups excluding carboxylic acids is 1. The fourth-order valence-corrected chi connectivity index (χ4v) is 2.17. The third-order valence-electron chi connectivity index (χ3n) is 3.27. The molecule has 7 nitrogen and oxygen atoms in total. The highest BCUT2D eigenvalue weighted by molar-refractivity contribution is 6.30. The molecule has 2 N–H and O–H groups in total. The Bertz CT molecular complexity index is 931. The molecule has 122 valence electrons. The van der Waals surface area contributed by atoms with E-state index in [1.54, 1.807) is 37.3 Å². The molecule has 0 unspecified atom stereocenters. The fourth-order valence-electron chi connectivity index (χ4n) is 2.04. The second-order valence-electron chi connectivity index (χ2n) is 5.09. The van der Waals surface area contributed by atoms with E-state index in [0.29, 0.717) is 16.5 Å². The van der Waals surface area contributed by atoms with Crippen molar-refractivity contribution in [1.82, 2.24) is 20.4 Å². The maximum Gasteiger partial charge on any atom is 0.260 e. The molecule has 2 heterocycles. The van der Waals surface area contributed by atoms with Gasteiger partial charge in [0, 0.05) is 16.3 Å². The quantitative estimate of drug-likeness (QED) is 0.756. The van der Waals surface area contributed by atoms with Gasteiger partial charge in [-0.05, 0) is 43.3 Å². The number of carbonyl (C=O) groups is 1. The predicted molar refractivity (Wildman–Crippen MR) is 87.7 cm³/mol. The zero-order chi connectivity index (χ0) is 17.1. The highest BCUT2D eigenvalue weighted by Crippen LogP contribution is 2.18. The highest BCUT2D eigenvalue weighted by atomic mass is 35.5. The third-order valence-corrected chi connectivity index (χ3v) is 3.52. The Morgan fingerprint density at radius 1 is 1.25 bits per heavy atom. The van der Waals surface area contributed by atoms with Crippen molar-refractivity contribution in [3.8, 4) is 11.4 Å². The van der Waals surface area contributed by atoms with Crippen LogP contribution in [0.5, 0.6) is 0 Å². The minimum atomic E-state index is -0.512. The molecule has 3 rings (SSSR count). The number of pyridine rings is 1. The molecular formula is C16H13ClN4O3. The van der Waals surface area contributed by atoms with Gasteiger partial charge in [-0.2, -0.15) is 4.98 Å². The van der Waals surface area contributed by atoms with E-state index >= 15 is 0 Å². The van der Waals surface area contributed by atoms with Crippen LogP contribution in [0.4, 0.5) is 0 Å². The Hall–Kier alpha value is -2.93. The van der Waals surface area contributed by atoms with E-state index in [-0.39, 0.29) is 18.0 Å². The van der Waals surface area contributed by atoms with Crippen LogP contribution in [0.1, 0.15) is 21.9 Å². The smallest absolute Gasteiger partial charge is 0.260 e. The number of halogens is 1. The molecule has 24 heavy (non-hydrogen) atoms. The lowest BCUT2D eigenvalue weighted by atomic mass is 10.2. The number of aromatic amines is 1. The minimum Gasteiger partial charge on any atom is -0.343 e. The van der Waals surface area contributed by atoms with Gasteiger partial charge in [0.1, 0.15) is 5.56 Å². The molecule has 0 aliphatic heterocycles. The van der Waals surface area contributed by atoms with E-state index in [1.165, 1.54) is 6.07 Å². The average molecular weight is 345 g/mol. The van der Waals surface area contributed by atoms with Crippen molar-refractivity contribution in [2.45, 2.75) is 13.5 Å². The molecular weight excluding hydrogens is 332 g/mol.